The maximum atomic E-state index is 11.3. The van der Waals surface area contributed by atoms with Crippen molar-refractivity contribution in [1.29, 1.82) is 0 Å². The lowest BCUT2D eigenvalue weighted by molar-refractivity contribution is -0.118. The minimum Gasteiger partial charge on any atom is -0.493 e. The van der Waals surface area contributed by atoms with E-state index in [1.54, 1.807) is 0 Å². The molecule has 1 unspecified atom stereocenters. The Morgan fingerprint density at radius 3 is 2.93 bits per heavy atom. The SMILES string of the molecule is CC(NNCCCOCN1CC(=O)NC1=O)c1cccc(OCC2CC2)c1. The predicted octanol–water partition coefficient (Wildman–Crippen LogP) is 1.55. The lowest BCUT2D eigenvalue weighted by Crippen LogP contribution is -2.35. The van der Waals surface area contributed by atoms with Gasteiger partial charge in [0, 0.05) is 12.6 Å². The number of hydrogen-bond donors (Lipinski definition) is 3. The second-order valence-corrected chi connectivity index (χ2v) is 7.06. The highest BCUT2D eigenvalue weighted by atomic mass is 16.5. The maximum absolute atomic E-state index is 11.3. The number of benzene rings is 1. The monoisotopic (exact) mass is 376 g/mol. The zero-order chi connectivity index (χ0) is 19.1. The third-order valence-corrected chi connectivity index (χ3v) is 4.56. The molecule has 27 heavy (non-hydrogen) atoms. The smallest absolute Gasteiger partial charge is 0.326 e. The molecule has 8 nitrogen and oxygen atoms in total. The quantitative estimate of drug-likeness (QED) is 0.291. The van der Waals surface area contributed by atoms with E-state index in [-0.39, 0.29) is 25.2 Å². The number of imide groups is 1. The van der Waals surface area contributed by atoms with Crippen molar-refractivity contribution in [1.82, 2.24) is 21.1 Å². The summed E-state index contributed by atoms with van der Waals surface area (Å²) in [6, 6.07) is 7.93. The number of hydrazine groups is 1. The van der Waals surface area contributed by atoms with Crippen LogP contribution in [-0.2, 0) is 9.53 Å². The molecule has 2 fully saturated rings. The molecule has 1 aliphatic carbocycles. The van der Waals surface area contributed by atoms with E-state index in [9.17, 15) is 9.59 Å². The number of nitrogens with zero attached hydrogens (tertiary/aromatic N) is 1. The molecule has 0 aromatic heterocycles. The van der Waals surface area contributed by atoms with E-state index in [1.807, 2.05) is 12.1 Å². The number of carbonyl (C=O) groups is 2. The van der Waals surface area contributed by atoms with E-state index >= 15 is 0 Å². The fourth-order valence-corrected chi connectivity index (χ4v) is 2.71. The minimum absolute atomic E-state index is 0.0690. The van der Waals surface area contributed by atoms with Crippen molar-refractivity contribution in [2.75, 3.05) is 33.0 Å². The summed E-state index contributed by atoms with van der Waals surface area (Å²) < 4.78 is 11.3. The summed E-state index contributed by atoms with van der Waals surface area (Å²) >= 11 is 0. The normalized spacial score (nSPS) is 17.9. The topological polar surface area (TPSA) is 91.9 Å². The first-order chi connectivity index (χ1) is 13.1. The number of carbonyl (C=O) groups excluding carboxylic acids is 2. The van der Waals surface area contributed by atoms with Gasteiger partial charge < -0.3 is 9.47 Å². The van der Waals surface area contributed by atoms with Gasteiger partial charge in [-0.1, -0.05) is 12.1 Å². The molecule has 2 aliphatic rings. The van der Waals surface area contributed by atoms with Crippen molar-refractivity contribution in [3.05, 3.63) is 29.8 Å². The van der Waals surface area contributed by atoms with E-state index in [0.29, 0.717) is 6.61 Å². The van der Waals surface area contributed by atoms with Crippen molar-refractivity contribution >= 4 is 11.9 Å². The van der Waals surface area contributed by atoms with E-state index < -0.39 is 6.03 Å². The number of rotatable bonds is 12. The molecule has 3 amide bonds. The second kappa shape index (κ2) is 9.68. The first-order valence-electron chi connectivity index (χ1n) is 9.49. The largest absolute Gasteiger partial charge is 0.493 e. The first-order valence-corrected chi connectivity index (χ1v) is 9.49. The average Bonchev–Trinajstić information content (AvgIpc) is 3.43. The Morgan fingerprint density at radius 2 is 2.19 bits per heavy atom. The highest BCUT2D eigenvalue weighted by Crippen LogP contribution is 2.30. The molecule has 0 radical (unpaired) electrons. The average molecular weight is 376 g/mol. The van der Waals surface area contributed by atoms with Gasteiger partial charge in [-0.25, -0.2) is 4.79 Å². The van der Waals surface area contributed by atoms with Crippen LogP contribution in [0.5, 0.6) is 5.75 Å². The Bertz CT molecular complexity index is 650. The molecule has 3 rings (SSSR count). The molecule has 1 heterocycles. The molecule has 1 saturated heterocycles. The van der Waals surface area contributed by atoms with Crippen LogP contribution < -0.4 is 20.9 Å². The van der Waals surface area contributed by atoms with Gasteiger partial charge in [0.1, 0.15) is 19.0 Å². The molecular formula is C19H28N4O4. The van der Waals surface area contributed by atoms with Crippen LogP contribution in [0.2, 0.25) is 0 Å². The van der Waals surface area contributed by atoms with Gasteiger partial charge in [-0.15, -0.1) is 0 Å². The Morgan fingerprint density at radius 1 is 1.33 bits per heavy atom. The van der Waals surface area contributed by atoms with Gasteiger partial charge in [-0.2, -0.15) is 0 Å². The van der Waals surface area contributed by atoms with E-state index in [2.05, 4.69) is 35.2 Å². The van der Waals surface area contributed by atoms with Crippen LogP contribution in [0.4, 0.5) is 4.79 Å². The molecule has 1 aliphatic heterocycles. The van der Waals surface area contributed by atoms with Crippen LogP contribution in [0.25, 0.3) is 0 Å². The van der Waals surface area contributed by atoms with Crippen LogP contribution in [-0.4, -0.2) is 49.9 Å². The van der Waals surface area contributed by atoms with Crippen molar-refractivity contribution in [3.63, 3.8) is 0 Å². The Labute approximate surface area is 159 Å². The van der Waals surface area contributed by atoms with E-state index in [1.165, 1.54) is 17.7 Å². The van der Waals surface area contributed by atoms with Gasteiger partial charge in [-0.3, -0.25) is 25.9 Å². The Hall–Kier alpha value is -2.16. The number of ether oxygens (including phenoxy) is 2. The lowest BCUT2D eigenvalue weighted by Gasteiger charge is -2.17. The van der Waals surface area contributed by atoms with Gasteiger partial charge in [0.2, 0.25) is 5.91 Å². The fourth-order valence-electron chi connectivity index (χ4n) is 2.71. The molecule has 1 atom stereocenters. The standard InChI is InChI=1S/C19H28N4O4/c1-14(16-4-2-5-17(10-16)27-12-15-6-7-15)22-20-8-3-9-26-13-23-11-18(24)21-19(23)25/h2,4-5,10,14-15,20,22H,3,6-9,11-13H2,1H3,(H,21,24,25). The maximum Gasteiger partial charge on any atom is 0.326 e. The zero-order valence-corrected chi connectivity index (χ0v) is 15.7. The first kappa shape index (κ1) is 19.6. The number of urea groups is 1. The Kier molecular flexibility index (Phi) is 7.03. The van der Waals surface area contributed by atoms with Gasteiger partial charge >= 0.3 is 6.03 Å². The Balaban J connectivity index is 1.26. The molecule has 0 bridgehead atoms. The molecule has 0 spiro atoms. The highest BCUT2D eigenvalue weighted by molar-refractivity contribution is 6.01. The molecule has 1 aromatic rings. The second-order valence-electron chi connectivity index (χ2n) is 7.06. The molecule has 1 saturated carbocycles. The van der Waals surface area contributed by atoms with Crippen molar-refractivity contribution in [2.24, 2.45) is 5.92 Å². The van der Waals surface area contributed by atoms with Gasteiger partial charge in [0.05, 0.1) is 13.2 Å². The van der Waals surface area contributed by atoms with Gasteiger partial charge in [0.15, 0.2) is 0 Å². The molecular weight excluding hydrogens is 348 g/mol. The van der Waals surface area contributed by atoms with Crippen LogP contribution in [0.1, 0.15) is 37.8 Å². The predicted molar refractivity (Wildman–Crippen MR) is 99.9 cm³/mol. The van der Waals surface area contributed by atoms with Crippen LogP contribution in [0, 0.1) is 5.92 Å². The molecule has 1 aromatic carbocycles. The summed E-state index contributed by atoms with van der Waals surface area (Å²) in [7, 11) is 0. The third-order valence-electron chi connectivity index (χ3n) is 4.56. The van der Waals surface area contributed by atoms with Crippen molar-refractivity contribution in [2.45, 2.75) is 32.2 Å². The number of amides is 3. The lowest BCUT2D eigenvalue weighted by atomic mass is 10.1. The van der Waals surface area contributed by atoms with E-state index in [0.717, 1.165) is 36.8 Å². The van der Waals surface area contributed by atoms with E-state index in [4.69, 9.17) is 9.47 Å². The summed E-state index contributed by atoms with van der Waals surface area (Å²) in [6.07, 6.45) is 3.36. The third kappa shape index (κ3) is 6.50. The van der Waals surface area contributed by atoms with Crippen molar-refractivity contribution < 1.29 is 19.1 Å². The molecule has 148 valence electrons. The summed E-state index contributed by atoms with van der Waals surface area (Å²) in [5.41, 5.74) is 7.62. The highest BCUT2D eigenvalue weighted by Gasteiger charge is 2.26. The summed E-state index contributed by atoms with van der Waals surface area (Å²) in [6.45, 7) is 4.34. The fraction of sp³-hybridized carbons (Fsp3) is 0.579. The van der Waals surface area contributed by atoms with Crippen LogP contribution in [0.15, 0.2) is 24.3 Å². The summed E-state index contributed by atoms with van der Waals surface area (Å²) in [4.78, 5) is 23.7. The molecule has 3 N–H and O–H groups in total. The van der Waals surface area contributed by atoms with Crippen LogP contribution in [0.3, 0.4) is 0 Å². The minimum atomic E-state index is -0.392. The summed E-state index contributed by atoms with van der Waals surface area (Å²) in [5.74, 6) is 1.38. The molecule has 8 heteroatoms. The van der Waals surface area contributed by atoms with Gasteiger partial charge in [0.25, 0.3) is 0 Å². The number of hydrogen-bond acceptors (Lipinski definition) is 6. The number of nitrogens with one attached hydrogen (secondary N) is 3. The zero-order valence-electron chi connectivity index (χ0n) is 15.7. The van der Waals surface area contributed by atoms with Crippen molar-refractivity contribution in [3.8, 4) is 5.75 Å². The van der Waals surface area contributed by atoms with Gasteiger partial charge in [-0.05, 0) is 49.8 Å². The summed E-state index contributed by atoms with van der Waals surface area (Å²) in [5, 5.41) is 2.21. The van der Waals surface area contributed by atoms with Crippen LogP contribution >= 0.6 is 0 Å².